The number of para-hydroxylation sites is 1. The van der Waals surface area contributed by atoms with Crippen LogP contribution in [0.3, 0.4) is 0 Å². The quantitative estimate of drug-likeness (QED) is 0.296. The number of piperazine rings is 1. The highest BCUT2D eigenvalue weighted by Crippen LogP contribution is 2.50. The predicted molar refractivity (Wildman–Crippen MR) is 148 cm³/mol. The molecule has 8 nitrogen and oxygen atoms in total. The summed E-state index contributed by atoms with van der Waals surface area (Å²) in [7, 11) is 0. The smallest absolute Gasteiger partial charge is 0.368 e. The minimum Gasteiger partial charge on any atom is -0.368 e. The Hall–Kier alpha value is -4.06. The molecule has 0 atom stereocenters. The summed E-state index contributed by atoms with van der Waals surface area (Å²) in [4.78, 5) is 51.2. The highest BCUT2D eigenvalue weighted by molar-refractivity contribution is 8.00. The van der Waals surface area contributed by atoms with Crippen LogP contribution in [-0.4, -0.2) is 69.9 Å². The first-order valence-electron chi connectivity index (χ1n) is 13.2. The molecule has 1 aromatic heterocycles. The Kier molecular flexibility index (Phi) is 6.88. The lowest BCUT2D eigenvalue weighted by molar-refractivity contribution is -0.120. The zero-order valence-corrected chi connectivity index (χ0v) is 22.7. The van der Waals surface area contributed by atoms with E-state index in [0.29, 0.717) is 50.1 Å². The van der Waals surface area contributed by atoms with Gasteiger partial charge in [0.25, 0.3) is 11.8 Å². The van der Waals surface area contributed by atoms with Gasteiger partial charge < -0.3 is 14.7 Å². The van der Waals surface area contributed by atoms with Crippen molar-refractivity contribution in [2.45, 2.75) is 35.3 Å². The molecule has 1 spiro atoms. The van der Waals surface area contributed by atoms with Crippen molar-refractivity contribution in [1.82, 2.24) is 14.8 Å². The number of rotatable bonds is 6. The number of carbonyl (C=O) groups is 3. The Morgan fingerprint density at radius 1 is 0.902 bits per heavy atom. The molecule has 0 bridgehead atoms. The van der Waals surface area contributed by atoms with Crippen molar-refractivity contribution in [2.75, 3.05) is 36.0 Å². The van der Waals surface area contributed by atoms with E-state index in [2.05, 4.69) is 9.88 Å². The summed E-state index contributed by atoms with van der Waals surface area (Å²) in [5.41, 5.74) is -3.17. The van der Waals surface area contributed by atoms with Gasteiger partial charge in [-0.05, 0) is 72.6 Å². The number of aromatic nitrogens is 1. The summed E-state index contributed by atoms with van der Waals surface area (Å²) >= 11 is -0.260. The number of urea groups is 1. The largest absolute Gasteiger partial charge is 0.446 e. The lowest BCUT2D eigenvalue weighted by atomic mass is 10.1. The molecule has 3 aliphatic rings. The van der Waals surface area contributed by atoms with Crippen LogP contribution in [0.25, 0.3) is 0 Å². The highest BCUT2D eigenvalue weighted by atomic mass is 32.2. The SMILES string of the molecule is O=C(c1cnccc1CN1C(=O)N(c2ccc(SC(F)(F)F)cc2)C(=O)C12CC2)N1CCN(c2ccccc2)CC1. The molecular formula is C29H26F3N5O3S. The highest BCUT2D eigenvalue weighted by Gasteiger charge is 2.65. The number of imide groups is 1. The number of benzene rings is 2. The van der Waals surface area contributed by atoms with Gasteiger partial charge in [0.05, 0.1) is 11.3 Å². The second-order valence-electron chi connectivity index (χ2n) is 10.2. The molecule has 0 N–H and O–H groups in total. The predicted octanol–water partition coefficient (Wildman–Crippen LogP) is 5.16. The number of halogens is 3. The molecule has 3 heterocycles. The third kappa shape index (κ3) is 5.23. The number of hydrogen-bond acceptors (Lipinski definition) is 6. The van der Waals surface area contributed by atoms with E-state index in [1.54, 1.807) is 17.2 Å². The maximum absolute atomic E-state index is 13.6. The number of carbonyl (C=O) groups excluding carboxylic acids is 3. The van der Waals surface area contributed by atoms with Gasteiger partial charge in [0.2, 0.25) is 0 Å². The summed E-state index contributed by atoms with van der Waals surface area (Å²) in [6.07, 6.45) is 4.01. The maximum atomic E-state index is 13.6. The Labute approximate surface area is 238 Å². The van der Waals surface area contributed by atoms with Crippen LogP contribution < -0.4 is 9.80 Å². The molecule has 0 unspecified atom stereocenters. The number of pyridine rings is 1. The van der Waals surface area contributed by atoms with E-state index in [0.717, 1.165) is 10.6 Å². The van der Waals surface area contributed by atoms with E-state index in [9.17, 15) is 27.6 Å². The number of anilines is 2. The van der Waals surface area contributed by atoms with Gasteiger partial charge in [-0.15, -0.1) is 0 Å². The van der Waals surface area contributed by atoms with Crippen molar-refractivity contribution in [3.05, 3.63) is 84.2 Å². The van der Waals surface area contributed by atoms with Gasteiger partial charge in [0.15, 0.2) is 0 Å². The molecule has 4 amide bonds. The van der Waals surface area contributed by atoms with Crippen LogP contribution in [0.1, 0.15) is 28.8 Å². The fourth-order valence-electron chi connectivity index (χ4n) is 5.46. The fourth-order valence-corrected chi connectivity index (χ4v) is 6.00. The van der Waals surface area contributed by atoms with Gasteiger partial charge in [-0.3, -0.25) is 14.6 Å². The average Bonchev–Trinajstić information content (AvgIpc) is 3.75. The molecule has 6 rings (SSSR count). The lowest BCUT2D eigenvalue weighted by Gasteiger charge is -2.36. The summed E-state index contributed by atoms with van der Waals surface area (Å²) in [5.74, 6) is -0.587. The van der Waals surface area contributed by atoms with Crippen molar-refractivity contribution < 1.29 is 27.6 Å². The molecule has 0 radical (unpaired) electrons. The first-order valence-corrected chi connectivity index (χ1v) is 14.0. The molecule has 2 aliphatic heterocycles. The fraction of sp³-hybridized carbons (Fsp3) is 0.310. The first kappa shape index (κ1) is 27.1. The van der Waals surface area contributed by atoms with Gasteiger partial charge >= 0.3 is 11.5 Å². The normalized spacial score (nSPS) is 18.4. The molecule has 3 fully saturated rings. The molecule has 212 valence electrons. The summed E-state index contributed by atoms with van der Waals surface area (Å²) in [6.45, 7) is 2.47. The van der Waals surface area contributed by atoms with Gasteiger partial charge in [-0.25, -0.2) is 9.69 Å². The number of thioether (sulfide) groups is 1. The second-order valence-corrected chi connectivity index (χ2v) is 11.4. The minimum absolute atomic E-state index is 0.0383. The lowest BCUT2D eigenvalue weighted by Crippen LogP contribution is -2.49. The van der Waals surface area contributed by atoms with Crippen molar-refractivity contribution in [3.63, 3.8) is 0 Å². The number of amides is 4. The van der Waals surface area contributed by atoms with Gasteiger partial charge in [0.1, 0.15) is 5.54 Å². The average molecular weight is 582 g/mol. The van der Waals surface area contributed by atoms with Crippen LogP contribution in [0.4, 0.5) is 29.3 Å². The van der Waals surface area contributed by atoms with Crippen LogP contribution in [0, 0.1) is 0 Å². The van der Waals surface area contributed by atoms with E-state index in [4.69, 9.17) is 0 Å². The van der Waals surface area contributed by atoms with Crippen LogP contribution in [0.15, 0.2) is 78.0 Å². The van der Waals surface area contributed by atoms with E-state index >= 15 is 0 Å². The standard InChI is InChI=1S/C29H26F3N5O3S/c30-29(31,32)41-23-8-6-22(7-9-23)37-26(39)28(11-12-28)36(27(37)40)19-20-10-13-33-18-24(20)25(38)35-16-14-34(15-17-35)21-4-2-1-3-5-21/h1-10,13,18H,11-12,14-17,19H2. The monoisotopic (exact) mass is 581 g/mol. The second kappa shape index (κ2) is 10.4. The molecule has 3 aromatic rings. The minimum atomic E-state index is -4.44. The summed E-state index contributed by atoms with van der Waals surface area (Å²) in [6, 6.07) is 16.3. The van der Waals surface area contributed by atoms with Crippen LogP contribution in [0.2, 0.25) is 0 Å². The van der Waals surface area contributed by atoms with Crippen molar-refractivity contribution in [1.29, 1.82) is 0 Å². The van der Waals surface area contributed by atoms with E-state index in [1.165, 1.54) is 35.4 Å². The Bertz CT molecular complexity index is 1470. The van der Waals surface area contributed by atoms with E-state index < -0.39 is 23.0 Å². The topological polar surface area (TPSA) is 77.1 Å². The summed E-state index contributed by atoms with van der Waals surface area (Å²) in [5, 5.41) is 0. The molecule has 2 aromatic carbocycles. The third-order valence-corrected chi connectivity index (χ3v) is 8.49. The van der Waals surface area contributed by atoms with Crippen molar-refractivity contribution in [2.24, 2.45) is 0 Å². The molecule has 12 heteroatoms. The number of nitrogens with zero attached hydrogens (tertiary/aromatic N) is 5. The molecule has 1 saturated carbocycles. The Morgan fingerprint density at radius 2 is 1.59 bits per heavy atom. The van der Waals surface area contributed by atoms with Crippen LogP contribution in [-0.2, 0) is 11.3 Å². The molecular weight excluding hydrogens is 555 g/mol. The Morgan fingerprint density at radius 3 is 2.22 bits per heavy atom. The molecule has 41 heavy (non-hydrogen) atoms. The zero-order chi connectivity index (χ0) is 28.8. The zero-order valence-electron chi connectivity index (χ0n) is 21.9. The van der Waals surface area contributed by atoms with Crippen molar-refractivity contribution >= 4 is 41.0 Å². The van der Waals surface area contributed by atoms with Gasteiger partial charge in [-0.1, -0.05) is 18.2 Å². The number of hydrogen-bond donors (Lipinski definition) is 0. The van der Waals surface area contributed by atoms with Crippen LogP contribution >= 0.6 is 11.8 Å². The maximum Gasteiger partial charge on any atom is 0.446 e. The number of alkyl halides is 3. The van der Waals surface area contributed by atoms with Crippen molar-refractivity contribution in [3.8, 4) is 0 Å². The van der Waals surface area contributed by atoms with Gasteiger partial charge in [0, 0.05) is 55.7 Å². The van der Waals surface area contributed by atoms with E-state index in [-0.39, 0.29) is 34.8 Å². The van der Waals surface area contributed by atoms with Gasteiger partial charge in [-0.2, -0.15) is 13.2 Å². The molecule has 1 aliphatic carbocycles. The first-order chi connectivity index (χ1) is 19.7. The summed E-state index contributed by atoms with van der Waals surface area (Å²) < 4.78 is 38.2. The van der Waals surface area contributed by atoms with Crippen LogP contribution in [0.5, 0.6) is 0 Å². The molecule has 2 saturated heterocycles. The van der Waals surface area contributed by atoms with E-state index in [1.807, 2.05) is 30.3 Å². The Balaban J connectivity index is 1.18. The third-order valence-electron chi connectivity index (χ3n) is 7.75.